The fourth-order valence-electron chi connectivity index (χ4n) is 2.60. The molecule has 0 N–H and O–H groups in total. The molecule has 0 saturated carbocycles. The third-order valence-corrected chi connectivity index (χ3v) is 6.06. The number of ether oxygens (including phenoxy) is 1. The number of alkyl halides is 2. The van der Waals surface area contributed by atoms with Gasteiger partial charge in [-0.25, -0.2) is 4.39 Å². The van der Waals surface area contributed by atoms with Gasteiger partial charge in [0, 0.05) is 22.7 Å². The minimum Gasteiger partial charge on any atom is -0.378 e. The molecule has 1 atom stereocenters. The van der Waals surface area contributed by atoms with Crippen LogP contribution < -0.4 is 0 Å². The van der Waals surface area contributed by atoms with Crippen LogP contribution in [0.15, 0.2) is 24.3 Å². The lowest BCUT2D eigenvalue weighted by molar-refractivity contribution is 0.0979. The van der Waals surface area contributed by atoms with E-state index >= 15 is 0 Å². The molecule has 106 valence electrons. The van der Waals surface area contributed by atoms with E-state index in [1.165, 1.54) is 12.5 Å². The van der Waals surface area contributed by atoms with Gasteiger partial charge in [0.05, 0.1) is 6.10 Å². The van der Waals surface area contributed by atoms with E-state index in [1.807, 2.05) is 6.07 Å². The van der Waals surface area contributed by atoms with Crippen LogP contribution in [0.25, 0.3) is 0 Å². The minimum atomic E-state index is -0.166. The van der Waals surface area contributed by atoms with E-state index in [0.717, 1.165) is 42.1 Å². The van der Waals surface area contributed by atoms with E-state index in [2.05, 4.69) is 31.9 Å². The first-order chi connectivity index (χ1) is 9.20. The molecular formula is C15H19Br2FO. The molecule has 0 spiro atoms. The van der Waals surface area contributed by atoms with Gasteiger partial charge in [-0.05, 0) is 43.4 Å². The molecule has 1 aromatic rings. The third kappa shape index (κ3) is 3.79. The average molecular weight is 394 g/mol. The zero-order valence-corrected chi connectivity index (χ0v) is 14.1. The van der Waals surface area contributed by atoms with Crippen LogP contribution in [0, 0.1) is 5.82 Å². The van der Waals surface area contributed by atoms with Crippen molar-refractivity contribution in [3.8, 4) is 0 Å². The van der Waals surface area contributed by atoms with Crippen molar-refractivity contribution in [2.75, 3.05) is 17.3 Å². The van der Waals surface area contributed by atoms with Crippen molar-refractivity contribution in [1.29, 1.82) is 0 Å². The summed E-state index contributed by atoms with van der Waals surface area (Å²) in [6.07, 6.45) is 4.74. The van der Waals surface area contributed by atoms with Crippen LogP contribution in [0.2, 0.25) is 0 Å². The lowest BCUT2D eigenvalue weighted by Crippen LogP contribution is -2.31. The summed E-state index contributed by atoms with van der Waals surface area (Å²) in [6, 6.07) is 6.95. The Bertz CT molecular complexity index is 401. The van der Waals surface area contributed by atoms with Crippen LogP contribution >= 0.6 is 31.9 Å². The van der Waals surface area contributed by atoms with Crippen molar-refractivity contribution in [3.63, 3.8) is 0 Å². The Kier molecular flexibility index (Phi) is 5.85. The second-order valence-electron chi connectivity index (χ2n) is 5.23. The number of halogens is 3. The molecule has 4 heteroatoms. The molecule has 0 aromatic heterocycles. The summed E-state index contributed by atoms with van der Waals surface area (Å²) < 4.78 is 19.1. The lowest BCUT2D eigenvalue weighted by atomic mass is 9.79. The fraction of sp³-hybridized carbons (Fsp3) is 0.600. The summed E-state index contributed by atoms with van der Waals surface area (Å²) in [7, 11) is 0. The van der Waals surface area contributed by atoms with Crippen LogP contribution in [-0.2, 0) is 10.2 Å². The zero-order valence-electron chi connectivity index (χ0n) is 10.9. The lowest BCUT2D eigenvalue weighted by Gasteiger charge is -2.31. The van der Waals surface area contributed by atoms with Gasteiger partial charge in [0.1, 0.15) is 5.82 Å². The molecule has 1 aliphatic rings. The van der Waals surface area contributed by atoms with Gasteiger partial charge in [-0.2, -0.15) is 0 Å². The predicted octanol–water partition coefficient (Wildman–Crippen LogP) is 4.81. The first-order valence-electron chi connectivity index (χ1n) is 6.70. The van der Waals surface area contributed by atoms with Crippen LogP contribution in [0.1, 0.15) is 31.2 Å². The molecule has 1 aliphatic heterocycles. The van der Waals surface area contributed by atoms with Crippen molar-refractivity contribution in [3.05, 3.63) is 35.6 Å². The molecule has 1 nitrogen and oxygen atoms in total. The standard InChI is InChI=1S/C15H19Br2FO/c16-10-15(11-17,7-6-14-5-2-8-19-14)12-3-1-4-13(18)9-12/h1,3-4,9,14H,2,5-8,10-11H2. The SMILES string of the molecule is Fc1cccc(C(CBr)(CBr)CCC2CCCO2)c1. The molecule has 1 aromatic carbocycles. The maximum absolute atomic E-state index is 13.5. The van der Waals surface area contributed by atoms with Crippen LogP contribution in [0.3, 0.4) is 0 Å². The Labute approximate surface area is 131 Å². The molecule has 1 fully saturated rings. The molecule has 1 saturated heterocycles. The highest BCUT2D eigenvalue weighted by Crippen LogP contribution is 2.35. The van der Waals surface area contributed by atoms with Crippen molar-refractivity contribution >= 4 is 31.9 Å². The Balaban J connectivity index is 2.11. The average Bonchev–Trinajstić information content (AvgIpc) is 2.94. The molecule has 0 aliphatic carbocycles. The molecule has 19 heavy (non-hydrogen) atoms. The first kappa shape index (κ1) is 15.5. The van der Waals surface area contributed by atoms with Crippen molar-refractivity contribution < 1.29 is 9.13 Å². The Morgan fingerprint density at radius 3 is 2.68 bits per heavy atom. The highest BCUT2D eigenvalue weighted by Gasteiger charge is 2.31. The van der Waals surface area contributed by atoms with Gasteiger partial charge < -0.3 is 4.74 Å². The number of benzene rings is 1. The Morgan fingerprint density at radius 1 is 1.32 bits per heavy atom. The smallest absolute Gasteiger partial charge is 0.123 e. The van der Waals surface area contributed by atoms with Gasteiger partial charge in [-0.15, -0.1) is 0 Å². The van der Waals surface area contributed by atoms with Gasteiger partial charge >= 0.3 is 0 Å². The summed E-state index contributed by atoms with van der Waals surface area (Å²) in [5, 5.41) is 1.64. The number of hydrogen-bond acceptors (Lipinski definition) is 1. The van der Waals surface area contributed by atoms with Crippen molar-refractivity contribution in [2.45, 2.75) is 37.2 Å². The number of rotatable bonds is 6. The van der Waals surface area contributed by atoms with Gasteiger partial charge in [0.15, 0.2) is 0 Å². The monoisotopic (exact) mass is 392 g/mol. The second-order valence-corrected chi connectivity index (χ2v) is 6.35. The van der Waals surface area contributed by atoms with Gasteiger partial charge in [0.25, 0.3) is 0 Å². The van der Waals surface area contributed by atoms with Gasteiger partial charge in [-0.3, -0.25) is 0 Å². The maximum atomic E-state index is 13.5. The molecule has 0 radical (unpaired) electrons. The van der Waals surface area contributed by atoms with E-state index < -0.39 is 0 Å². The molecule has 0 bridgehead atoms. The predicted molar refractivity (Wildman–Crippen MR) is 83.9 cm³/mol. The van der Waals surface area contributed by atoms with E-state index in [0.29, 0.717) is 6.10 Å². The van der Waals surface area contributed by atoms with Crippen LogP contribution in [0.4, 0.5) is 4.39 Å². The van der Waals surface area contributed by atoms with Crippen LogP contribution in [0.5, 0.6) is 0 Å². The third-order valence-electron chi connectivity index (χ3n) is 3.92. The maximum Gasteiger partial charge on any atom is 0.123 e. The van der Waals surface area contributed by atoms with Gasteiger partial charge in [0.2, 0.25) is 0 Å². The van der Waals surface area contributed by atoms with Crippen molar-refractivity contribution in [2.24, 2.45) is 0 Å². The van der Waals surface area contributed by atoms with E-state index in [4.69, 9.17) is 4.74 Å². The number of hydrogen-bond donors (Lipinski definition) is 0. The second kappa shape index (κ2) is 7.19. The Hall–Kier alpha value is 0.0700. The molecule has 2 rings (SSSR count). The van der Waals surface area contributed by atoms with Gasteiger partial charge in [-0.1, -0.05) is 44.0 Å². The molecular weight excluding hydrogens is 375 g/mol. The topological polar surface area (TPSA) is 9.23 Å². The quantitative estimate of drug-likeness (QED) is 0.630. The summed E-state index contributed by atoms with van der Waals surface area (Å²) in [5.41, 5.74) is 0.993. The van der Waals surface area contributed by atoms with Crippen LogP contribution in [-0.4, -0.2) is 23.4 Å². The minimum absolute atomic E-state index is 0.0615. The van der Waals surface area contributed by atoms with Crippen molar-refractivity contribution in [1.82, 2.24) is 0 Å². The van der Waals surface area contributed by atoms with E-state index in [-0.39, 0.29) is 11.2 Å². The molecule has 1 heterocycles. The fourth-order valence-corrected chi connectivity index (χ4v) is 4.73. The highest BCUT2D eigenvalue weighted by molar-refractivity contribution is 9.09. The highest BCUT2D eigenvalue weighted by atomic mass is 79.9. The summed E-state index contributed by atoms with van der Waals surface area (Å²) in [5.74, 6) is -0.166. The molecule has 1 unspecified atom stereocenters. The van der Waals surface area contributed by atoms with E-state index in [1.54, 1.807) is 12.1 Å². The first-order valence-corrected chi connectivity index (χ1v) is 8.94. The largest absolute Gasteiger partial charge is 0.378 e. The zero-order chi connectivity index (χ0) is 13.7. The summed E-state index contributed by atoms with van der Waals surface area (Å²) in [4.78, 5) is 0. The summed E-state index contributed by atoms with van der Waals surface area (Å²) in [6.45, 7) is 0.889. The summed E-state index contributed by atoms with van der Waals surface area (Å²) >= 11 is 7.22. The van der Waals surface area contributed by atoms with E-state index in [9.17, 15) is 4.39 Å². The molecule has 0 amide bonds. The normalized spacial score (nSPS) is 19.8. The Morgan fingerprint density at radius 2 is 2.11 bits per heavy atom.